The van der Waals surface area contributed by atoms with Crippen molar-refractivity contribution in [1.29, 1.82) is 0 Å². The van der Waals surface area contributed by atoms with Gasteiger partial charge in [0.05, 0.1) is 0 Å². The van der Waals surface area contributed by atoms with E-state index in [0.717, 1.165) is 18.6 Å². The van der Waals surface area contributed by atoms with Gasteiger partial charge in [-0.1, -0.05) is 40.5 Å². The van der Waals surface area contributed by atoms with Gasteiger partial charge in [0.25, 0.3) is 0 Å². The van der Waals surface area contributed by atoms with Crippen LogP contribution in [-0.2, 0) is 6.42 Å². The second-order valence-electron chi connectivity index (χ2n) is 4.41. The molecule has 0 bridgehead atoms. The number of ether oxygens (including phenoxy) is 1. The summed E-state index contributed by atoms with van der Waals surface area (Å²) < 4.78 is 5.89. The number of hydrogen-bond acceptors (Lipinski definition) is 1. The topological polar surface area (TPSA) is 9.23 Å². The van der Waals surface area contributed by atoms with Crippen LogP contribution in [0.15, 0.2) is 18.2 Å². The van der Waals surface area contributed by atoms with Gasteiger partial charge in [-0.15, -0.1) is 0 Å². The molecule has 0 saturated carbocycles. The van der Waals surface area contributed by atoms with Gasteiger partial charge >= 0.3 is 0 Å². The van der Waals surface area contributed by atoms with E-state index in [2.05, 4.69) is 48.0 Å². The van der Waals surface area contributed by atoms with Crippen LogP contribution in [0.2, 0.25) is 0 Å². The van der Waals surface area contributed by atoms with Crippen LogP contribution in [0, 0.1) is 6.92 Å². The Labute approximate surface area is 100.0 Å². The van der Waals surface area contributed by atoms with Gasteiger partial charge in [-0.3, -0.25) is 0 Å². The Kier molecular flexibility index (Phi) is 3.35. The van der Waals surface area contributed by atoms with Gasteiger partial charge in [-0.05, 0) is 31.4 Å². The Balaban J connectivity index is 1.97. The average molecular weight is 269 g/mol. The highest BCUT2D eigenvalue weighted by molar-refractivity contribution is 9.09. The van der Waals surface area contributed by atoms with Crippen LogP contribution in [0.4, 0.5) is 0 Å². The fraction of sp³-hybridized carbons (Fsp3) is 0.538. The number of rotatable bonds is 3. The van der Waals surface area contributed by atoms with E-state index in [4.69, 9.17) is 4.74 Å². The first-order valence-corrected chi connectivity index (χ1v) is 6.47. The molecule has 1 heterocycles. The molecule has 15 heavy (non-hydrogen) atoms. The molecule has 82 valence electrons. The highest BCUT2D eigenvalue weighted by Crippen LogP contribution is 2.31. The summed E-state index contributed by atoms with van der Waals surface area (Å²) in [6.07, 6.45) is 3.79. The molecule has 0 saturated heterocycles. The summed E-state index contributed by atoms with van der Waals surface area (Å²) in [6, 6.07) is 6.46. The fourth-order valence-corrected chi connectivity index (χ4v) is 2.29. The van der Waals surface area contributed by atoms with Crippen molar-refractivity contribution in [2.24, 2.45) is 0 Å². The maximum atomic E-state index is 5.89. The number of hydrogen-bond donors (Lipinski definition) is 0. The Bertz CT molecular complexity index is 346. The first kappa shape index (κ1) is 11.0. The molecule has 1 aliphatic heterocycles. The summed E-state index contributed by atoms with van der Waals surface area (Å²) in [5.41, 5.74) is 2.70. The summed E-state index contributed by atoms with van der Waals surface area (Å²) in [6.45, 7) is 4.32. The SMILES string of the molecule is Cc1ccc2c(c1)CC(CCC(C)Br)O2. The van der Waals surface area contributed by atoms with Crippen LogP contribution in [0.5, 0.6) is 5.75 Å². The Morgan fingerprint density at radius 3 is 3.07 bits per heavy atom. The zero-order valence-electron chi connectivity index (χ0n) is 9.29. The number of halogens is 1. The van der Waals surface area contributed by atoms with E-state index in [0.29, 0.717) is 10.9 Å². The standard InChI is InChI=1S/C13H17BrO/c1-9-3-6-13-11(7-9)8-12(15-13)5-4-10(2)14/h3,6-7,10,12H,4-5,8H2,1-2H3. The lowest BCUT2D eigenvalue weighted by Crippen LogP contribution is -2.13. The van der Waals surface area contributed by atoms with Crippen molar-refractivity contribution in [2.75, 3.05) is 0 Å². The lowest BCUT2D eigenvalue weighted by atomic mass is 10.0. The predicted molar refractivity (Wildman–Crippen MR) is 66.9 cm³/mol. The molecule has 0 radical (unpaired) electrons. The van der Waals surface area contributed by atoms with E-state index < -0.39 is 0 Å². The van der Waals surface area contributed by atoms with Crippen molar-refractivity contribution in [1.82, 2.24) is 0 Å². The van der Waals surface area contributed by atoms with Gasteiger partial charge in [-0.25, -0.2) is 0 Å². The quantitative estimate of drug-likeness (QED) is 0.757. The second-order valence-corrected chi connectivity index (χ2v) is 5.98. The van der Waals surface area contributed by atoms with E-state index in [1.807, 2.05) is 0 Å². The monoisotopic (exact) mass is 268 g/mol. The first-order chi connectivity index (χ1) is 7.15. The number of benzene rings is 1. The molecule has 0 N–H and O–H groups in total. The highest BCUT2D eigenvalue weighted by Gasteiger charge is 2.22. The molecule has 2 rings (SSSR count). The smallest absolute Gasteiger partial charge is 0.123 e. The van der Waals surface area contributed by atoms with Gasteiger partial charge in [0.1, 0.15) is 11.9 Å². The maximum Gasteiger partial charge on any atom is 0.123 e. The molecule has 1 aromatic rings. The van der Waals surface area contributed by atoms with Crippen LogP contribution >= 0.6 is 15.9 Å². The van der Waals surface area contributed by atoms with Crippen LogP contribution < -0.4 is 4.74 Å². The van der Waals surface area contributed by atoms with Gasteiger partial charge < -0.3 is 4.74 Å². The van der Waals surface area contributed by atoms with Crippen molar-refractivity contribution in [2.45, 2.75) is 44.0 Å². The molecular formula is C13H17BrO. The summed E-state index contributed by atoms with van der Waals surface area (Å²) in [5, 5.41) is 0. The lowest BCUT2D eigenvalue weighted by molar-refractivity contribution is 0.218. The maximum absolute atomic E-state index is 5.89. The van der Waals surface area contributed by atoms with E-state index >= 15 is 0 Å². The van der Waals surface area contributed by atoms with Crippen molar-refractivity contribution in [3.63, 3.8) is 0 Å². The van der Waals surface area contributed by atoms with Crippen LogP contribution in [0.25, 0.3) is 0 Å². The van der Waals surface area contributed by atoms with Gasteiger partial charge in [-0.2, -0.15) is 0 Å². The lowest BCUT2D eigenvalue weighted by Gasteiger charge is -2.11. The van der Waals surface area contributed by atoms with E-state index in [-0.39, 0.29) is 0 Å². The van der Waals surface area contributed by atoms with Crippen molar-refractivity contribution < 1.29 is 4.74 Å². The van der Waals surface area contributed by atoms with E-state index in [1.54, 1.807) is 0 Å². The minimum absolute atomic E-state index is 0.391. The summed E-state index contributed by atoms with van der Waals surface area (Å²) in [4.78, 5) is 0.589. The van der Waals surface area contributed by atoms with Gasteiger partial charge in [0.2, 0.25) is 0 Å². The summed E-state index contributed by atoms with van der Waals surface area (Å²) >= 11 is 3.57. The van der Waals surface area contributed by atoms with Crippen LogP contribution in [0.1, 0.15) is 30.9 Å². The van der Waals surface area contributed by atoms with Crippen molar-refractivity contribution in [3.05, 3.63) is 29.3 Å². The molecular weight excluding hydrogens is 252 g/mol. The molecule has 0 fully saturated rings. The minimum Gasteiger partial charge on any atom is -0.490 e. The third-order valence-corrected chi connectivity index (χ3v) is 3.30. The molecule has 0 aromatic heterocycles. The minimum atomic E-state index is 0.391. The molecule has 1 aliphatic rings. The van der Waals surface area contributed by atoms with Crippen molar-refractivity contribution >= 4 is 15.9 Å². The summed E-state index contributed by atoms with van der Waals surface area (Å²) in [5.74, 6) is 1.09. The van der Waals surface area contributed by atoms with Crippen LogP contribution in [0.3, 0.4) is 0 Å². The molecule has 2 atom stereocenters. The number of fused-ring (bicyclic) bond motifs is 1. The fourth-order valence-electron chi connectivity index (χ4n) is 2.03. The third kappa shape index (κ3) is 2.75. The number of aryl methyl sites for hydroxylation is 1. The molecule has 0 amide bonds. The van der Waals surface area contributed by atoms with Gasteiger partial charge in [0, 0.05) is 11.2 Å². The predicted octanol–water partition coefficient (Wildman–Crippen LogP) is 3.86. The van der Waals surface area contributed by atoms with Crippen LogP contribution in [-0.4, -0.2) is 10.9 Å². The van der Waals surface area contributed by atoms with E-state index in [9.17, 15) is 0 Å². The molecule has 0 aliphatic carbocycles. The largest absolute Gasteiger partial charge is 0.490 e. The molecule has 0 spiro atoms. The molecule has 1 aromatic carbocycles. The van der Waals surface area contributed by atoms with Crippen molar-refractivity contribution in [3.8, 4) is 5.75 Å². The second kappa shape index (κ2) is 4.56. The Morgan fingerprint density at radius 2 is 2.33 bits per heavy atom. The van der Waals surface area contributed by atoms with E-state index in [1.165, 1.54) is 17.5 Å². The zero-order chi connectivity index (χ0) is 10.8. The average Bonchev–Trinajstić information content (AvgIpc) is 2.56. The van der Waals surface area contributed by atoms with Gasteiger partial charge in [0.15, 0.2) is 0 Å². The Morgan fingerprint density at radius 1 is 1.53 bits per heavy atom. The number of alkyl halides is 1. The highest BCUT2D eigenvalue weighted by atomic mass is 79.9. The summed E-state index contributed by atoms with van der Waals surface area (Å²) in [7, 11) is 0. The third-order valence-electron chi connectivity index (χ3n) is 2.84. The first-order valence-electron chi connectivity index (χ1n) is 5.55. The zero-order valence-corrected chi connectivity index (χ0v) is 10.9. The molecule has 2 unspecified atom stereocenters. The molecule has 2 heteroatoms. The normalized spacial score (nSPS) is 20.9. The Hall–Kier alpha value is -0.500. The molecule has 1 nitrogen and oxygen atoms in total.